The minimum atomic E-state index is 0.281. The Morgan fingerprint density at radius 2 is 1.79 bits per heavy atom. The van der Waals surface area contributed by atoms with Crippen LogP contribution in [0.25, 0.3) is 0 Å². The summed E-state index contributed by atoms with van der Waals surface area (Å²) < 4.78 is 16.0. The molecule has 0 radical (unpaired) electrons. The quantitative estimate of drug-likeness (QED) is 0.649. The Morgan fingerprint density at radius 3 is 2.38 bits per heavy atom. The molecule has 1 fully saturated rings. The molecule has 7 heteroatoms. The van der Waals surface area contributed by atoms with E-state index in [-0.39, 0.29) is 6.10 Å². The lowest BCUT2D eigenvalue weighted by Crippen LogP contribution is -2.22. The fourth-order valence-corrected chi connectivity index (χ4v) is 4.07. The summed E-state index contributed by atoms with van der Waals surface area (Å²) in [5.74, 6) is 0. The molecule has 1 aliphatic heterocycles. The van der Waals surface area contributed by atoms with E-state index < -0.39 is 0 Å². The van der Waals surface area contributed by atoms with E-state index >= 15 is 0 Å². The van der Waals surface area contributed by atoms with Crippen LogP contribution in [0.2, 0.25) is 0 Å². The Hall–Kier alpha value is -1.96. The molecule has 24 heavy (non-hydrogen) atoms. The van der Waals surface area contributed by atoms with Crippen molar-refractivity contribution in [1.29, 1.82) is 0 Å². The fraction of sp³-hybridized carbons (Fsp3) is 0.412. The third kappa shape index (κ3) is 3.75. The van der Waals surface area contributed by atoms with Crippen molar-refractivity contribution in [3.8, 4) is 0 Å². The zero-order valence-electron chi connectivity index (χ0n) is 13.3. The number of hydrogen-bond acceptors (Lipinski definition) is 7. The van der Waals surface area contributed by atoms with Gasteiger partial charge in [0, 0.05) is 36.0 Å². The molecule has 0 bridgehead atoms. The van der Waals surface area contributed by atoms with Gasteiger partial charge in [0.05, 0.1) is 17.5 Å². The number of aromatic nitrogens is 2. The molecule has 126 valence electrons. The molecule has 1 aliphatic rings. The van der Waals surface area contributed by atoms with E-state index in [0.29, 0.717) is 13.1 Å². The summed E-state index contributed by atoms with van der Waals surface area (Å²) in [5.41, 5.74) is 1.82. The van der Waals surface area contributed by atoms with Gasteiger partial charge in [-0.2, -0.15) is 0 Å². The Bertz CT molecular complexity index is 697. The van der Waals surface area contributed by atoms with Crippen molar-refractivity contribution >= 4 is 11.3 Å². The minimum absolute atomic E-state index is 0.281. The summed E-state index contributed by atoms with van der Waals surface area (Å²) >= 11 is 1.83. The molecule has 0 spiro atoms. The van der Waals surface area contributed by atoms with Gasteiger partial charge in [0.25, 0.3) is 0 Å². The monoisotopic (exact) mass is 345 g/mol. The molecule has 4 rings (SSSR count). The molecule has 3 aromatic heterocycles. The van der Waals surface area contributed by atoms with Crippen molar-refractivity contribution in [2.45, 2.75) is 38.6 Å². The second-order valence-corrected chi connectivity index (χ2v) is 7.11. The number of thiophene rings is 1. The summed E-state index contributed by atoms with van der Waals surface area (Å²) in [5, 5.41) is 0. The molecule has 6 nitrogen and oxygen atoms in total. The van der Waals surface area contributed by atoms with Gasteiger partial charge in [0.1, 0.15) is 12.5 Å². The Labute approximate surface area is 144 Å². The lowest BCUT2D eigenvalue weighted by atomic mass is 10.2. The summed E-state index contributed by atoms with van der Waals surface area (Å²) in [6.07, 6.45) is 8.85. The van der Waals surface area contributed by atoms with Crippen molar-refractivity contribution < 1.29 is 13.6 Å². The number of ether oxygens (including phenoxy) is 1. The van der Waals surface area contributed by atoms with Gasteiger partial charge < -0.3 is 13.6 Å². The largest absolute Gasteiger partial charge is 0.451 e. The predicted molar refractivity (Wildman–Crippen MR) is 88.2 cm³/mol. The van der Waals surface area contributed by atoms with E-state index in [1.54, 1.807) is 12.5 Å². The Balaban J connectivity index is 1.46. The lowest BCUT2D eigenvalue weighted by Gasteiger charge is -2.19. The zero-order chi connectivity index (χ0) is 16.2. The summed E-state index contributed by atoms with van der Waals surface area (Å²) in [6.45, 7) is 3.12. The molecular weight excluding hydrogens is 326 g/mol. The van der Waals surface area contributed by atoms with E-state index in [9.17, 15) is 0 Å². The van der Waals surface area contributed by atoms with Crippen LogP contribution < -0.4 is 0 Å². The highest BCUT2D eigenvalue weighted by molar-refractivity contribution is 7.12. The molecule has 0 aromatic carbocycles. The molecule has 0 saturated carbocycles. The average molecular weight is 345 g/mol. The van der Waals surface area contributed by atoms with Gasteiger partial charge in [-0.1, -0.05) is 0 Å². The number of oxazole rings is 2. The highest BCUT2D eigenvalue weighted by atomic mass is 32.1. The van der Waals surface area contributed by atoms with Gasteiger partial charge >= 0.3 is 0 Å². The van der Waals surface area contributed by atoms with E-state index in [1.165, 1.54) is 22.5 Å². The van der Waals surface area contributed by atoms with Crippen molar-refractivity contribution in [3.05, 3.63) is 58.6 Å². The maximum Gasteiger partial charge on any atom is 0.180 e. The third-order valence-corrected chi connectivity index (χ3v) is 5.21. The first-order valence-corrected chi connectivity index (χ1v) is 8.85. The molecule has 1 saturated heterocycles. The van der Waals surface area contributed by atoms with Crippen molar-refractivity contribution in [2.75, 3.05) is 6.61 Å². The van der Waals surface area contributed by atoms with Crippen LogP contribution in [0.5, 0.6) is 0 Å². The van der Waals surface area contributed by atoms with E-state index in [2.05, 4.69) is 27.0 Å². The van der Waals surface area contributed by atoms with Crippen LogP contribution >= 0.6 is 11.3 Å². The van der Waals surface area contributed by atoms with Crippen molar-refractivity contribution in [1.82, 2.24) is 14.9 Å². The molecular formula is C17H19N3O3S. The Kier molecular flexibility index (Phi) is 4.73. The zero-order valence-corrected chi connectivity index (χ0v) is 14.1. The number of nitrogens with zero attached hydrogens (tertiary/aromatic N) is 3. The molecule has 0 unspecified atom stereocenters. The standard InChI is InChI=1S/C17H19N3O3S/c1-2-16(23-5-1)17-4-3-15(24-17)8-20(6-13-9-21-11-18-13)7-14-10-22-12-19-14/h3-4,9-12,16H,1-2,5-8H2/t16-/m1/s1. The van der Waals surface area contributed by atoms with E-state index in [4.69, 9.17) is 13.6 Å². The van der Waals surface area contributed by atoms with Crippen LogP contribution in [-0.2, 0) is 24.4 Å². The van der Waals surface area contributed by atoms with Crippen molar-refractivity contribution in [2.24, 2.45) is 0 Å². The Morgan fingerprint density at radius 1 is 1.04 bits per heavy atom. The predicted octanol–water partition coefficient (Wildman–Crippen LogP) is 3.78. The first-order chi connectivity index (χ1) is 11.9. The highest BCUT2D eigenvalue weighted by Crippen LogP contribution is 2.33. The van der Waals surface area contributed by atoms with Crippen LogP contribution in [0, 0.1) is 0 Å². The van der Waals surface area contributed by atoms with Crippen LogP contribution in [0.1, 0.15) is 40.1 Å². The number of hydrogen-bond donors (Lipinski definition) is 0. The van der Waals surface area contributed by atoms with Gasteiger partial charge in [0.15, 0.2) is 12.8 Å². The van der Waals surface area contributed by atoms with Gasteiger partial charge in [-0.25, -0.2) is 9.97 Å². The van der Waals surface area contributed by atoms with E-state index in [0.717, 1.165) is 37.4 Å². The first-order valence-electron chi connectivity index (χ1n) is 8.03. The van der Waals surface area contributed by atoms with Crippen LogP contribution in [0.4, 0.5) is 0 Å². The van der Waals surface area contributed by atoms with E-state index in [1.807, 2.05) is 11.3 Å². The van der Waals surface area contributed by atoms with Gasteiger partial charge in [-0.15, -0.1) is 11.3 Å². The SMILES string of the molecule is c1nc(CN(Cc2cocn2)Cc2ccc([C@H]3CCCO3)s2)co1. The van der Waals surface area contributed by atoms with Crippen LogP contribution in [-0.4, -0.2) is 21.5 Å². The molecule has 3 aromatic rings. The first kappa shape index (κ1) is 15.6. The average Bonchev–Trinajstić information content (AvgIpc) is 3.37. The van der Waals surface area contributed by atoms with Gasteiger partial charge in [0.2, 0.25) is 0 Å². The smallest absolute Gasteiger partial charge is 0.180 e. The molecule has 1 atom stereocenters. The minimum Gasteiger partial charge on any atom is -0.451 e. The molecule has 0 amide bonds. The summed E-state index contributed by atoms with van der Waals surface area (Å²) in [4.78, 5) is 13.4. The van der Waals surface area contributed by atoms with Crippen LogP contribution in [0.3, 0.4) is 0 Å². The van der Waals surface area contributed by atoms with Crippen molar-refractivity contribution in [3.63, 3.8) is 0 Å². The van der Waals surface area contributed by atoms with Gasteiger partial charge in [-0.3, -0.25) is 4.90 Å². The third-order valence-electron chi connectivity index (χ3n) is 4.05. The highest BCUT2D eigenvalue weighted by Gasteiger charge is 2.20. The normalized spacial score (nSPS) is 17.8. The second-order valence-electron chi connectivity index (χ2n) is 5.91. The van der Waals surface area contributed by atoms with Gasteiger partial charge in [-0.05, 0) is 25.0 Å². The molecule has 0 N–H and O–H groups in total. The van der Waals surface area contributed by atoms with Crippen LogP contribution in [0.15, 0.2) is 46.3 Å². The fourth-order valence-electron chi connectivity index (χ4n) is 2.93. The summed E-state index contributed by atoms with van der Waals surface area (Å²) in [6, 6.07) is 4.39. The lowest BCUT2D eigenvalue weighted by molar-refractivity contribution is 0.114. The molecule has 4 heterocycles. The maximum absolute atomic E-state index is 5.78. The maximum atomic E-state index is 5.78. The topological polar surface area (TPSA) is 64.5 Å². The molecule has 0 aliphatic carbocycles. The second kappa shape index (κ2) is 7.29. The number of rotatable bonds is 7. The summed E-state index contributed by atoms with van der Waals surface area (Å²) in [7, 11) is 0.